The molecule has 0 N–H and O–H groups in total. The van der Waals surface area contributed by atoms with E-state index in [1.165, 1.54) is 16.0 Å². The predicted octanol–water partition coefficient (Wildman–Crippen LogP) is 3.75. The van der Waals surface area contributed by atoms with Crippen LogP contribution in [0.5, 0.6) is 0 Å². The van der Waals surface area contributed by atoms with Crippen molar-refractivity contribution in [3.8, 4) is 10.6 Å². The van der Waals surface area contributed by atoms with Crippen LogP contribution in [0.3, 0.4) is 0 Å². The SMILES string of the molecule is CSc1nnc(Cn2nc(-c3cccs3)c3ccccc3c2=O)s1. The third-order valence-corrected chi connectivity index (χ3v) is 6.29. The van der Waals surface area contributed by atoms with Crippen LogP contribution in [0.4, 0.5) is 0 Å². The Bertz CT molecular complexity index is 1050. The summed E-state index contributed by atoms with van der Waals surface area (Å²) in [5, 5.41) is 17.2. The Hall–Kier alpha value is -2.03. The van der Waals surface area contributed by atoms with Crippen LogP contribution in [0.15, 0.2) is 50.9 Å². The Labute approximate surface area is 150 Å². The van der Waals surface area contributed by atoms with Gasteiger partial charge in [-0.25, -0.2) is 4.68 Å². The molecule has 0 fully saturated rings. The molecule has 4 rings (SSSR count). The van der Waals surface area contributed by atoms with E-state index in [4.69, 9.17) is 0 Å². The van der Waals surface area contributed by atoms with E-state index in [2.05, 4.69) is 15.3 Å². The lowest BCUT2D eigenvalue weighted by atomic mass is 10.1. The first-order valence-electron chi connectivity index (χ1n) is 7.16. The molecule has 4 aromatic rings. The van der Waals surface area contributed by atoms with Crippen molar-refractivity contribution in [3.05, 3.63) is 57.1 Å². The van der Waals surface area contributed by atoms with E-state index in [1.807, 2.05) is 48.0 Å². The average molecular weight is 373 g/mol. The van der Waals surface area contributed by atoms with Gasteiger partial charge in [0.15, 0.2) is 4.34 Å². The van der Waals surface area contributed by atoms with Crippen LogP contribution < -0.4 is 5.56 Å². The van der Waals surface area contributed by atoms with Crippen molar-refractivity contribution < 1.29 is 0 Å². The lowest BCUT2D eigenvalue weighted by Crippen LogP contribution is -2.24. The second kappa shape index (κ2) is 6.46. The number of thiophene rings is 1. The van der Waals surface area contributed by atoms with Gasteiger partial charge < -0.3 is 0 Å². The van der Waals surface area contributed by atoms with E-state index < -0.39 is 0 Å². The zero-order valence-electron chi connectivity index (χ0n) is 12.7. The number of thioether (sulfide) groups is 1. The largest absolute Gasteiger partial charge is 0.275 e. The molecule has 24 heavy (non-hydrogen) atoms. The third kappa shape index (κ3) is 2.77. The maximum atomic E-state index is 12.8. The minimum atomic E-state index is -0.105. The van der Waals surface area contributed by atoms with Gasteiger partial charge in [0.25, 0.3) is 5.56 Å². The van der Waals surface area contributed by atoms with Crippen molar-refractivity contribution in [1.82, 2.24) is 20.0 Å². The van der Waals surface area contributed by atoms with Gasteiger partial charge in [0.1, 0.15) is 10.7 Å². The van der Waals surface area contributed by atoms with E-state index in [0.717, 1.165) is 25.3 Å². The Morgan fingerprint density at radius 1 is 1.12 bits per heavy atom. The molecule has 0 unspecified atom stereocenters. The number of aromatic nitrogens is 4. The maximum absolute atomic E-state index is 12.8. The zero-order valence-corrected chi connectivity index (χ0v) is 15.1. The quantitative estimate of drug-likeness (QED) is 0.511. The molecule has 1 aromatic carbocycles. The van der Waals surface area contributed by atoms with E-state index in [0.29, 0.717) is 11.9 Å². The fraction of sp³-hybridized carbons (Fsp3) is 0.125. The average Bonchev–Trinajstić information content (AvgIpc) is 3.29. The van der Waals surface area contributed by atoms with E-state index in [-0.39, 0.29) is 5.56 Å². The van der Waals surface area contributed by atoms with Gasteiger partial charge in [-0.15, -0.1) is 21.5 Å². The molecule has 0 saturated carbocycles. The molecule has 0 saturated heterocycles. The molecule has 3 heterocycles. The van der Waals surface area contributed by atoms with E-state index in [9.17, 15) is 4.79 Å². The molecule has 0 amide bonds. The Kier molecular flexibility index (Phi) is 4.17. The maximum Gasteiger partial charge on any atom is 0.275 e. The second-order valence-electron chi connectivity index (χ2n) is 5.00. The first-order valence-corrected chi connectivity index (χ1v) is 10.1. The van der Waals surface area contributed by atoms with Crippen LogP contribution in [-0.2, 0) is 6.54 Å². The molecule has 0 aliphatic carbocycles. The summed E-state index contributed by atoms with van der Waals surface area (Å²) >= 11 is 4.65. The highest BCUT2D eigenvalue weighted by molar-refractivity contribution is 8.00. The Morgan fingerprint density at radius 3 is 2.67 bits per heavy atom. The van der Waals surface area contributed by atoms with Gasteiger partial charge >= 0.3 is 0 Å². The summed E-state index contributed by atoms with van der Waals surface area (Å²) in [6.07, 6.45) is 1.96. The van der Waals surface area contributed by atoms with Gasteiger partial charge in [0, 0.05) is 5.39 Å². The first kappa shape index (κ1) is 15.5. The van der Waals surface area contributed by atoms with Crippen LogP contribution in [0.2, 0.25) is 0 Å². The molecular weight excluding hydrogens is 360 g/mol. The highest BCUT2D eigenvalue weighted by Crippen LogP contribution is 2.28. The fourth-order valence-electron chi connectivity index (χ4n) is 2.45. The van der Waals surface area contributed by atoms with Crippen molar-refractivity contribution >= 4 is 45.2 Å². The van der Waals surface area contributed by atoms with E-state index >= 15 is 0 Å². The van der Waals surface area contributed by atoms with Crippen molar-refractivity contribution in [1.29, 1.82) is 0 Å². The number of rotatable bonds is 4. The fourth-order valence-corrected chi connectivity index (χ4v) is 4.47. The number of benzene rings is 1. The summed E-state index contributed by atoms with van der Waals surface area (Å²) in [5.41, 5.74) is 0.724. The topological polar surface area (TPSA) is 60.7 Å². The summed E-state index contributed by atoms with van der Waals surface area (Å²) in [6, 6.07) is 11.6. The van der Waals surface area contributed by atoms with Gasteiger partial charge in [-0.05, 0) is 23.8 Å². The van der Waals surface area contributed by atoms with Gasteiger partial charge in [-0.1, -0.05) is 47.4 Å². The molecule has 0 spiro atoms. The molecule has 0 atom stereocenters. The summed E-state index contributed by atoms with van der Waals surface area (Å²) < 4.78 is 2.37. The molecule has 0 aliphatic heterocycles. The van der Waals surface area contributed by atoms with Crippen LogP contribution in [0, 0.1) is 0 Å². The van der Waals surface area contributed by atoms with Crippen LogP contribution >= 0.6 is 34.4 Å². The summed E-state index contributed by atoms with van der Waals surface area (Å²) in [7, 11) is 0. The molecular formula is C16H12N4OS3. The van der Waals surface area contributed by atoms with E-state index in [1.54, 1.807) is 23.1 Å². The standard InChI is InChI=1S/C16H12N4OS3/c1-22-16-18-17-13(24-16)9-20-15(21)11-6-3-2-5-10(11)14(19-20)12-7-4-8-23-12/h2-8H,9H2,1H3. The molecule has 0 radical (unpaired) electrons. The first-order chi connectivity index (χ1) is 11.8. The molecule has 8 heteroatoms. The molecule has 120 valence electrons. The summed E-state index contributed by atoms with van der Waals surface area (Å²) in [6.45, 7) is 0.334. The smallest absolute Gasteiger partial charge is 0.267 e. The van der Waals surface area contributed by atoms with Crippen molar-refractivity contribution in [2.75, 3.05) is 6.26 Å². The number of nitrogens with zero attached hydrogens (tertiary/aromatic N) is 4. The molecule has 3 aromatic heterocycles. The summed E-state index contributed by atoms with van der Waals surface area (Å²) in [5.74, 6) is 0. The normalized spacial score (nSPS) is 11.2. The van der Waals surface area contributed by atoms with Gasteiger partial charge in [-0.2, -0.15) is 5.10 Å². The highest BCUT2D eigenvalue weighted by Gasteiger charge is 2.14. The van der Waals surface area contributed by atoms with Crippen molar-refractivity contribution in [3.63, 3.8) is 0 Å². The van der Waals surface area contributed by atoms with Crippen LogP contribution in [0.25, 0.3) is 21.3 Å². The molecule has 0 bridgehead atoms. The van der Waals surface area contributed by atoms with Gasteiger partial charge in [-0.3, -0.25) is 4.79 Å². The number of hydrogen-bond acceptors (Lipinski definition) is 7. The van der Waals surface area contributed by atoms with Crippen molar-refractivity contribution in [2.24, 2.45) is 0 Å². The second-order valence-corrected chi connectivity index (χ2v) is 8.06. The number of fused-ring (bicyclic) bond motifs is 1. The molecule has 5 nitrogen and oxygen atoms in total. The predicted molar refractivity (Wildman–Crippen MR) is 100 cm³/mol. The zero-order chi connectivity index (χ0) is 16.5. The highest BCUT2D eigenvalue weighted by atomic mass is 32.2. The Morgan fingerprint density at radius 2 is 1.96 bits per heavy atom. The van der Waals surface area contributed by atoms with Crippen LogP contribution in [0.1, 0.15) is 5.01 Å². The lowest BCUT2D eigenvalue weighted by molar-refractivity contribution is 0.643. The Balaban J connectivity index is 1.89. The minimum Gasteiger partial charge on any atom is -0.267 e. The van der Waals surface area contributed by atoms with Crippen LogP contribution in [-0.4, -0.2) is 26.2 Å². The minimum absolute atomic E-state index is 0.105. The van der Waals surface area contributed by atoms with Gasteiger partial charge in [0.05, 0.1) is 16.8 Å². The monoisotopic (exact) mass is 372 g/mol. The van der Waals surface area contributed by atoms with Crippen molar-refractivity contribution in [2.45, 2.75) is 10.9 Å². The summed E-state index contributed by atoms with van der Waals surface area (Å²) in [4.78, 5) is 13.8. The third-order valence-electron chi connectivity index (χ3n) is 3.53. The molecule has 0 aliphatic rings. The van der Waals surface area contributed by atoms with Gasteiger partial charge in [0.2, 0.25) is 0 Å². The lowest BCUT2D eigenvalue weighted by Gasteiger charge is -2.08. The number of hydrogen-bond donors (Lipinski definition) is 0.